The van der Waals surface area contributed by atoms with Crippen LogP contribution in [0.1, 0.15) is 38.2 Å². The van der Waals surface area contributed by atoms with Crippen LogP contribution in [0.15, 0.2) is 28.7 Å². The molecule has 1 saturated heterocycles. The van der Waals surface area contributed by atoms with Crippen LogP contribution in [-0.4, -0.2) is 12.1 Å². The Balaban J connectivity index is 1.91. The Labute approximate surface area is 107 Å². The molecule has 1 fully saturated rings. The van der Waals surface area contributed by atoms with Gasteiger partial charge in [-0.1, -0.05) is 34.5 Å². The summed E-state index contributed by atoms with van der Waals surface area (Å²) >= 11 is 3.53. The molecule has 0 aromatic heterocycles. The average molecular weight is 282 g/mol. The van der Waals surface area contributed by atoms with Crippen molar-refractivity contribution in [1.82, 2.24) is 5.32 Å². The summed E-state index contributed by atoms with van der Waals surface area (Å²) in [4.78, 5) is 0. The van der Waals surface area contributed by atoms with Gasteiger partial charge in [-0.15, -0.1) is 0 Å². The van der Waals surface area contributed by atoms with Gasteiger partial charge in [-0.25, -0.2) is 0 Å². The molecular weight excluding hydrogens is 262 g/mol. The van der Waals surface area contributed by atoms with E-state index in [0.717, 1.165) is 0 Å². The quantitative estimate of drug-likeness (QED) is 0.886. The van der Waals surface area contributed by atoms with Crippen molar-refractivity contribution >= 4 is 15.9 Å². The Hall–Kier alpha value is -0.340. The zero-order valence-corrected chi connectivity index (χ0v) is 11.5. The van der Waals surface area contributed by atoms with Gasteiger partial charge in [-0.2, -0.15) is 0 Å². The van der Waals surface area contributed by atoms with Gasteiger partial charge in [0.05, 0.1) is 0 Å². The average Bonchev–Trinajstić information content (AvgIpc) is 2.28. The molecular formula is C14H20BrN. The van der Waals surface area contributed by atoms with Gasteiger partial charge in [0.15, 0.2) is 0 Å². The fourth-order valence-electron chi connectivity index (χ4n) is 2.44. The van der Waals surface area contributed by atoms with Gasteiger partial charge in [0.2, 0.25) is 0 Å². The third-order valence-electron chi connectivity index (χ3n) is 3.56. The predicted molar refractivity (Wildman–Crippen MR) is 72.7 cm³/mol. The van der Waals surface area contributed by atoms with Crippen molar-refractivity contribution in [2.24, 2.45) is 0 Å². The molecule has 0 spiro atoms. The number of halogens is 1. The van der Waals surface area contributed by atoms with E-state index in [1.165, 1.54) is 48.7 Å². The second-order valence-corrected chi connectivity index (χ2v) is 5.99. The summed E-state index contributed by atoms with van der Waals surface area (Å²) < 4.78 is 1.19. The molecule has 1 aromatic carbocycles. The molecule has 1 unspecified atom stereocenters. The first-order valence-electron chi connectivity index (χ1n) is 6.17. The lowest BCUT2D eigenvalue weighted by Gasteiger charge is -2.35. The number of nitrogens with one attached hydrogen (secondary N) is 1. The highest BCUT2D eigenvalue weighted by Gasteiger charge is 2.25. The zero-order chi connectivity index (χ0) is 11.4. The van der Waals surface area contributed by atoms with E-state index in [1.54, 1.807) is 0 Å². The monoisotopic (exact) mass is 281 g/mol. The molecule has 0 amide bonds. The van der Waals surface area contributed by atoms with Crippen molar-refractivity contribution in [2.45, 2.75) is 44.6 Å². The molecule has 1 heterocycles. The summed E-state index contributed by atoms with van der Waals surface area (Å²) in [5.74, 6) is 0. The normalized spacial score (nSPS) is 25.6. The van der Waals surface area contributed by atoms with Gasteiger partial charge in [0.1, 0.15) is 0 Å². The smallest absolute Gasteiger partial charge is 0.0177 e. The third-order valence-corrected chi connectivity index (χ3v) is 4.05. The molecule has 1 atom stereocenters. The highest BCUT2D eigenvalue weighted by molar-refractivity contribution is 9.10. The number of rotatable bonds is 3. The first-order chi connectivity index (χ1) is 7.68. The summed E-state index contributed by atoms with van der Waals surface area (Å²) in [5.41, 5.74) is 1.79. The van der Waals surface area contributed by atoms with Crippen LogP contribution in [0.4, 0.5) is 0 Å². The van der Waals surface area contributed by atoms with Gasteiger partial charge >= 0.3 is 0 Å². The van der Waals surface area contributed by atoms with E-state index in [-0.39, 0.29) is 0 Å². The third kappa shape index (κ3) is 3.33. The largest absolute Gasteiger partial charge is 0.312 e. The SMILES string of the molecule is CC1(CCc2cccc(Br)c2)CCCCN1. The summed E-state index contributed by atoms with van der Waals surface area (Å²) in [6.07, 6.45) is 6.45. The van der Waals surface area contributed by atoms with E-state index in [1.807, 2.05) is 0 Å². The van der Waals surface area contributed by atoms with Crippen LogP contribution in [-0.2, 0) is 6.42 Å². The van der Waals surface area contributed by atoms with Crippen molar-refractivity contribution in [1.29, 1.82) is 0 Å². The maximum atomic E-state index is 3.67. The minimum atomic E-state index is 0.362. The van der Waals surface area contributed by atoms with Crippen molar-refractivity contribution in [3.63, 3.8) is 0 Å². The number of hydrogen-bond donors (Lipinski definition) is 1. The van der Waals surface area contributed by atoms with Crippen molar-refractivity contribution in [3.05, 3.63) is 34.3 Å². The molecule has 1 nitrogen and oxygen atoms in total. The van der Waals surface area contributed by atoms with Crippen molar-refractivity contribution in [2.75, 3.05) is 6.54 Å². The van der Waals surface area contributed by atoms with Crippen LogP contribution >= 0.6 is 15.9 Å². The highest BCUT2D eigenvalue weighted by atomic mass is 79.9. The Kier molecular flexibility index (Phi) is 4.04. The Morgan fingerprint density at radius 2 is 2.25 bits per heavy atom. The van der Waals surface area contributed by atoms with Gasteiger partial charge in [-0.3, -0.25) is 0 Å². The van der Waals surface area contributed by atoms with Crippen LogP contribution in [0.5, 0.6) is 0 Å². The molecule has 0 bridgehead atoms. The van der Waals surface area contributed by atoms with Crippen LogP contribution in [0.3, 0.4) is 0 Å². The number of piperidine rings is 1. The molecule has 88 valence electrons. The molecule has 2 rings (SSSR count). The standard InChI is InChI=1S/C14H20BrN/c1-14(8-2-3-10-16-14)9-7-12-5-4-6-13(15)11-12/h4-6,11,16H,2-3,7-10H2,1H3. The zero-order valence-electron chi connectivity index (χ0n) is 9.93. The maximum Gasteiger partial charge on any atom is 0.0177 e. The Bertz CT molecular complexity index is 342. The first kappa shape index (κ1) is 12.1. The van der Waals surface area contributed by atoms with Crippen LogP contribution in [0.25, 0.3) is 0 Å². The molecule has 0 radical (unpaired) electrons. The lowest BCUT2D eigenvalue weighted by Crippen LogP contribution is -2.46. The minimum Gasteiger partial charge on any atom is -0.312 e. The van der Waals surface area contributed by atoms with Crippen molar-refractivity contribution < 1.29 is 0 Å². The molecule has 2 heteroatoms. The van der Waals surface area contributed by atoms with Gasteiger partial charge < -0.3 is 5.32 Å². The molecule has 1 aliphatic heterocycles. The van der Waals surface area contributed by atoms with Gasteiger partial charge in [0, 0.05) is 10.0 Å². The molecule has 1 aliphatic rings. The lowest BCUT2D eigenvalue weighted by atomic mass is 9.85. The maximum absolute atomic E-state index is 3.67. The molecule has 1 N–H and O–H groups in total. The Morgan fingerprint density at radius 3 is 2.94 bits per heavy atom. The van der Waals surface area contributed by atoms with Crippen LogP contribution in [0.2, 0.25) is 0 Å². The molecule has 1 aromatic rings. The van der Waals surface area contributed by atoms with Crippen molar-refractivity contribution in [3.8, 4) is 0 Å². The molecule has 0 saturated carbocycles. The van der Waals surface area contributed by atoms with Crippen LogP contribution in [0, 0.1) is 0 Å². The van der Waals surface area contributed by atoms with Gasteiger partial charge in [0.25, 0.3) is 0 Å². The second kappa shape index (κ2) is 5.33. The molecule has 0 aliphatic carbocycles. The fraction of sp³-hybridized carbons (Fsp3) is 0.571. The van der Waals surface area contributed by atoms with E-state index in [2.05, 4.69) is 52.4 Å². The van der Waals surface area contributed by atoms with E-state index in [9.17, 15) is 0 Å². The number of hydrogen-bond acceptors (Lipinski definition) is 1. The summed E-state index contributed by atoms with van der Waals surface area (Å²) in [6.45, 7) is 3.55. The van der Waals surface area contributed by atoms with E-state index >= 15 is 0 Å². The van der Waals surface area contributed by atoms with E-state index in [4.69, 9.17) is 0 Å². The van der Waals surface area contributed by atoms with E-state index < -0.39 is 0 Å². The second-order valence-electron chi connectivity index (χ2n) is 5.07. The first-order valence-corrected chi connectivity index (χ1v) is 6.97. The topological polar surface area (TPSA) is 12.0 Å². The summed E-state index contributed by atoms with van der Waals surface area (Å²) in [6, 6.07) is 8.66. The fourth-order valence-corrected chi connectivity index (χ4v) is 2.89. The molecule has 16 heavy (non-hydrogen) atoms. The highest BCUT2D eigenvalue weighted by Crippen LogP contribution is 2.24. The summed E-state index contributed by atoms with van der Waals surface area (Å²) in [5, 5.41) is 3.67. The minimum absolute atomic E-state index is 0.362. The van der Waals surface area contributed by atoms with Crippen LogP contribution < -0.4 is 5.32 Å². The predicted octanol–water partition coefficient (Wildman–Crippen LogP) is 3.91. The van der Waals surface area contributed by atoms with E-state index in [0.29, 0.717) is 5.54 Å². The number of aryl methyl sites for hydroxylation is 1. The van der Waals surface area contributed by atoms with Gasteiger partial charge in [-0.05, 0) is 56.8 Å². The Morgan fingerprint density at radius 1 is 1.38 bits per heavy atom. The lowest BCUT2D eigenvalue weighted by molar-refractivity contribution is 0.261. The summed E-state index contributed by atoms with van der Waals surface area (Å²) in [7, 11) is 0. The number of benzene rings is 1.